The van der Waals surface area contributed by atoms with E-state index in [0.717, 1.165) is 11.5 Å². The first kappa shape index (κ1) is 25.1. The van der Waals surface area contributed by atoms with E-state index in [1.807, 2.05) is 47.8 Å². The molecule has 0 aromatic heterocycles. The Balaban J connectivity index is 1.52. The fraction of sp³-hybridized carbons (Fsp3) is 0.318. The van der Waals surface area contributed by atoms with Crippen molar-refractivity contribution in [3.8, 4) is 17.2 Å². The summed E-state index contributed by atoms with van der Waals surface area (Å²) in [6.07, 6.45) is 1.39. The summed E-state index contributed by atoms with van der Waals surface area (Å²) in [5.41, 5.74) is 4.17. The van der Waals surface area contributed by atoms with E-state index in [0.29, 0.717) is 22.5 Å². The molecule has 176 valence electrons. The number of hydrogen-bond acceptors (Lipinski definition) is 8. The highest BCUT2D eigenvalue weighted by molar-refractivity contribution is 8.19. The van der Waals surface area contributed by atoms with Crippen LogP contribution < -0.4 is 19.6 Å². The maximum Gasteiger partial charge on any atom is 0.341 e. The summed E-state index contributed by atoms with van der Waals surface area (Å²) in [7, 11) is 0. The molecule has 1 saturated heterocycles. The molecule has 0 bridgehead atoms. The third-order valence-electron chi connectivity index (χ3n) is 4.22. The molecule has 1 amide bonds. The van der Waals surface area contributed by atoms with E-state index in [9.17, 15) is 9.59 Å². The Hall–Kier alpha value is -2.56. The van der Waals surface area contributed by atoms with E-state index in [1.165, 1.54) is 17.8 Å². The smallest absolute Gasteiger partial charge is 0.341 e. The van der Waals surface area contributed by atoms with Gasteiger partial charge in [-0.05, 0) is 42.3 Å². The van der Waals surface area contributed by atoms with Crippen LogP contribution in [0.4, 0.5) is 0 Å². The van der Waals surface area contributed by atoms with E-state index in [-0.39, 0.29) is 23.1 Å². The summed E-state index contributed by atoms with van der Waals surface area (Å²) in [5, 5.41) is 12.9. The molecule has 0 spiro atoms. The minimum Gasteiger partial charge on any atom is -0.490 e. The van der Waals surface area contributed by atoms with Gasteiger partial charge in [0.25, 0.3) is 5.91 Å². The number of hydrazone groups is 1. The van der Waals surface area contributed by atoms with Gasteiger partial charge in [-0.25, -0.2) is 10.2 Å². The summed E-state index contributed by atoms with van der Waals surface area (Å²) >= 11 is 10.1. The average Bonchev–Trinajstić information content (AvgIpc) is 3.32. The number of benzene rings is 2. The molecule has 3 rings (SSSR count). The number of hydrogen-bond donors (Lipinski definition) is 2. The van der Waals surface area contributed by atoms with Crippen LogP contribution in [-0.4, -0.2) is 54.5 Å². The lowest BCUT2D eigenvalue weighted by Gasteiger charge is -2.13. The topological polar surface area (TPSA) is 106 Å². The third-order valence-corrected chi connectivity index (χ3v) is 7.60. The Morgan fingerprint density at radius 1 is 1.15 bits per heavy atom. The first-order valence-corrected chi connectivity index (χ1v) is 12.5. The predicted octanol–water partition coefficient (Wildman–Crippen LogP) is 4.21. The second-order valence-corrected chi connectivity index (χ2v) is 9.80. The van der Waals surface area contributed by atoms with Gasteiger partial charge in [0, 0.05) is 11.5 Å². The zero-order valence-corrected chi connectivity index (χ0v) is 20.2. The van der Waals surface area contributed by atoms with Crippen LogP contribution in [0.1, 0.15) is 22.6 Å². The van der Waals surface area contributed by atoms with Gasteiger partial charge in [0.15, 0.2) is 24.7 Å². The van der Waals surface area contributed by atoms with Gasteiger partial charge in [0.2, 0.25) is 0 Å². The molecule has 1 fully saturated rings. The molecule has 0 aliphatic carbocycles. The average molecular weight is 511 g/mol. The molecule has 33 heavy (non-hydrogen) atoms. The lowest BCUT2D eigenvalue weighted by molar-refractivity contribution is -0.139. The molecule has 0 atom stereocenters. The van der Waals surface area contributed by atoms with Gasteiger partial charge in [-0.3, -0.25) is 4.79 Å². The monoisotopic (exact) mass is 510 g/mol. The minimum atomic E-state index is -1.13. The zero-order chi connectivity index (χ0) is 23.6. The Kier molecular flexibility index (Phi) is 9.59. The van der Waals surface area contributed by atoms with Gasteiger partial charge < -0.3 is 19.3 Å². The molecule has 2 aromatic rings. The van der Waals surface area contributed by atoms with Crippen molar-refractivity contribution >= 4 is 53.2 Å². The summed E-state index contributed by atoms with van der Waals surface area (Å²) in [6, 6.07) is 10.9. The highest BCUT2D eigenvalue weighted by Crippen LogP contribution is 2.45. The van der Waals surface area contributed by atoms with Gasteiger partial charge in [0.05, 0.1) is 22.4 Å². The molecule has 0 unspecified atom stereocenters. The van der Waals surface area contributed by atoms with Crippen molar-refractivity contribution in [1.29, 1.82) is 0 Å². The number of ether oxygens (including phenoxy) is 3. The van der Waals surface area contributed by atoms with E-state index >= 15 is 0 Å². The largest absolute Gasteiger partial charge is 0.490 e. The van der Waals surface area contributed by atoms with Crippen LogP contribution in [0.25, 0.3) is 0 Å². The van der Waals surface area contributed by atoms with Crippen LogP contribution in [0.5, 0.6) is 17.2 Å². The SMILES string of the molecule is CCOc1cc(/C=N\NC(=O)COc2ccc(C3SCCS3)cc2)cc(Cl)c1OCC(=O)O. The van der Waals surface area contributed by atoms with E-state index in [2.05, 4.69) is 10.5 Å². The molecule has 8 nitrogen and oxygen atoms in total. The maximum atomic E-state index is 12.0. The number of thioether (sulfide) groups is 2. The quantitative estimate of drug-likeness (QED) is 0.342. The minimum absolute atomic E-state index is 0.131. The molecular formula is C22H23ClN2O6S2. The Morgan fingerprint density at radius 3 is 2.55 bits per heavy atom. The van der Waals surface area contributed by atoms with Crippen molar-refractivity contribution in [1.82, 2.24) is 5.43 Å². The Bertz CT molecular complexity index is 997. The number of nitrogens with zero attached hydrogens (tertiary/aromatic N) is 1. The van der Waals surface area contributed by atoms with Crippen LogP contribution in [0.2, 0.25) is 5.02 Å². The summed E-state index contributed by atoms with van der Waals surface area (Å²) < 4.78 is 16.7. The first-order chi connectivity index (χ1) is 16.0. The number of carbonyl (C=O) groups is 2. The van der Waals surface area contributed by atoms with Crippen molar-refractivity contribution in [3.63, 3.8) is 0 Å². The molecule has 1 heterocycles. The molecule has 11 heteroatoms. The highest BCUT2D eigenvalue weighted by atomic mass is 35.5. The lowest BCUT2D eigenvalue weighted by atomic mass is 10.2. The Labute approximate surface area is 205 Å². The van der Waals surface area contributed by atoms with E-state index in [4.69, 9.17) is 30.9 Å². The Morgan fingerprint density at radius 2 is 1.88 bits per heavy atom. The fourth-order valence-electron chi connectivity index (χ4n) is 2.83. The number of carboxylic acid groups (broad SMARTS) is 1. The van der Waals surface area contributed by atoms with E-state index in [1.54, 1.807) is 13.0 Å². The van der Waals surface area contributed by atoms with Crippen molar-refractivity contribution in [2.75, 3.05) is 31.3 Å². The van der Waals surface area contributed by atoms with Crippen molar-refractivity contribution in [2.45, 2.75) is 11.5 Å². The predicted molar refractivity (Wildman–Crippen MR) is 131 cm³/mol. The highest BCUT2D eigenvalue weighted by Gasteiger charge is 2.18. The first-order valence-electron chi connectivity index (χ1n) is 10.0. The van der Waals surface area contributed by atoms with E-state index < -0.39 is 18.5 Å². The number of carboxylic acids is 1. The molecular weight excluding hydrogens is 488 g/mol. The van der Waals surface area contributed by atoms with Crippen LogP contribution in [0.15, 0.2) is 41.5 Å². The zero-order valence-electron chi connectivity index (χ0n) is 17.8. The standard InChI is InChI=1S/C22H23ClN2O6S2/c1-2-29-18-10-14(9-17(23)21(18)31-13-20(27)28)11-24-25-19(26)12-30-16-5-3-15(4-6-16)22-32-7-8-33-22/h3-6,9-11,22H,2,7-8,12-13H2,1H3,(H,25,26)(H,27,28)/b24-11-. The van der Waals surface area contributed by atoms with Gasteiger partial charge >= 0.3 is 5.97 Å². The summed E-state index contributed by atoms with van der Waals surface area (Å²) in [5.74, 6) is 1.79. The molecule has 1 aliphatic heterocycles. The van der Waals surface area contributed by atoms with Crippen molar-refractivity contribution < 1.29 is 28.9 Å². The summed E-state index contributed by atoms with van der Waals surface area (Å²) in [6.45, 7) is 1.37. The summed E-state index contributed by atoms with van der Waals surface area (Å²) in [4.78, 5) is 22.8. The fourth-order valence-corrected chi connectivity index (χ4v) is 5.96. The van der Waals surface area contributed by atoms with Gasteiger partial charge in [-0.1, -0.05) is 23.7 Å². The molecule has 1 aliphatic rings. The second kappa shape index (κ2) is 12.6. The molecule has 2 N–H and O–H groups in total. The van der Waals surface area contributed by atoms with Gasteiger partial charge in [-0.15, -0.1) is 23.5 Å². The number of rotatable bonds is 11. The number of amides is 1. The van der Waals surface area contributed by atoms with Gasteiger partial charge in [-0.2, -0.15) is 5.10 Å². The molecule has 0 saturated carbocycles. The number of aliphatic carboxylic acids is 1. The molecule has 0 radical (unpaired) electrons. The van der Waals surface area contributed by atoms with Crippen LogP contribution in [0, 0.1) is 0 Å². The van der Waals surface area contributed by atoms with Crippen LogP contribution >= 0.6 is 35.1 Å². The lowest BCUT2D eigenvalue weighted by Crippen LogP contribution is -2.24. The maximum absolute atomic E-state index is 12.0. The normalized spacial score (nSPS) is 13.8. The third kappa shape index (κ3) is 7.76. The van der Waals surface area contributed by atoms with Crippen molar-refractivity contribution in [2.24, 2.45) is 5.10 Å². The second-order valence-electron chi connectivity index (χ2n) is 6.67. The van der Waals surface area contributed by atoms with Crippen molar-refractivity contribution in [3.05, 3.63) is 52.5 Å². The number of nitrogens with one attached hydrogen (secondary N) is 1. The van der Waals surface area contributed by atoms with Crippen LogP contribution in [0.3, 0.4) is 0 Å². The van der Waals surface area contributed by atoms with Gasteiger partial charge in [0.1, 0.15) is 5.75 Å². The van der Waals surface area contributed by atoms with Crippen LogP contribution in [-0.2, 0) is 9.59 Å². The molecule has 2 aromatic carbocycles. The number of carbonyl (C=O) groups excluding carboxylic acids is 1. The number of halogens is 1.